The van der Waals surface area contributed by atoms with Gasteiger partial charge in [0.05, 0.1) is 18.3 Å². The molecule has 2 N–H and O–H groups in total. The van der Waals surface area contributed by atoms with Crippen LogP contribution in [0.3, 0.4) is 0 Å². The molecule has 0 radical (unpaired) electrons. The van der Waals surface area contributed by atoms with Crippen LogP contribution in [0, 0.1) is 0 Å². The summed E-state index contributed by atoms with van der Waals surface area (Å²) in [5.41, 5.74) is 2.11. The van der Waals surface area contributed by atoms with E-state index in [-0.39, 0.29) is 18.8 Å². The lowest BCUT2D eigenvalue weighted by Gasteiger charge is -2.15. The summed E-state index contributed by atoms with van der Waals surface area (Å²) in [7, 11) is 0. The van der Waals surface area contributed by atoms with Crippen LogP contribution in [0.4, 0.5) is 0 Å². The van der Waals surface area contributed by atoms with Gasteiger partial charge in [-0.05, 0) is 18.4 Å². The Morgan fingerprint density at radius 2 is 2.24 bits per heavy atom. The summed E-state index contributed by atoms with van der Waals surface area (Å²) in [6.07, 6.45) is 2.38. The lowest BCUT2D eigenvalue weighted by Crippen LogP contribution is -2.24. The fourth-order valence-electron chi connectivity index (χ4n) is 2.53. The van der Waals surface area contributed by atoms with E-state index in [0.29, 0.717) is 6.54 Å². The van der Waals surface area contributed by atoms with Crippen LogP contribution in [0.5, 0.6) is 0 Å². The number of nitrogens with one attached hydrogen (secondary N) is 1. The number of aliphatic hydroxyl groups excluding tert-OH is 1. The first-order valence-corrected chi connectivity index (χ1v) is 8.20. The van der Waals surface area contributed by atoms with Gasteiger partial charge < -0.3 is 15.2 Å². The molecule has 1 aliphatic rings. The van der Waals surface area contributed by atoms with Crippen molar-refractivity contribution in [2.75, 3.05) is 13.2 Å². The third kappa shape index (κ3) is 3.68. The van der Waals surface area contributed by atoms with Crippen LogP contribution < -0.4 is 5.32 Å². The van der Waals surface area contributed by atoms with E-state index in [2.05, 4.69) is 15.7 Å². The lowest BCUT2D eigenvalue weighted by molar-refractivity contribution is 0.111. The molecular formula is C16H20N2O2S. The van der Waals surface area contributed by atoms with Crippen LogP contribution >= 0.6 is 11.3 Å². The summed E-state index contributed by atoms with van der Waals surface area (Å²) in [5, 5.41) is 16.0. The number of nitrogens with zero attached hydrogens (tertiary/aromatic N) is 1. The van der Waals surface area contributed by atoms with E-state index in [0.717, 1.165) is 35.7 Å². The first-order chi connectivity index (χ1) is 10.4. The van der Waals surface area contributed by atoms with E-state index in [1.54, 1.807) is 11.3 Å². The van der Waals surface area contributed by atoms with Crippen molar-refractivity contribution >= 4 is 11.3 Å². The molecule has 0 amide bonds. The molecule has 5 heteroatoms. The molecule has 2 aromatic rings. The SMILES string of the molecule is OC[C@H](NCc1csc([C@H]2CCCO2)n1)c1ccccc1. The van der Waals surface area contributed by atoms with Crippen molar-refractivity contribution in [3.05, 3.63) is 52.0 Å². The monoisotopic (exact) mass is 304 g/mol. The van der Waals surface area contributed by atoms with Crippen molar-refractivity contribution in [1.29, 1.82) is 0 Å². The molecule has 4 nitrogen and oxygen atoms in total. The number of rotatable bonds is 6. The predicted molar refractivity (Wildman–Crippen MR) is 83.1 cm³/mol. The molecule has 0 unspecified atom stereocenters. The average molecular weight is 304 g/mol. The number of aliphatic hydroxyl groups is 1. The molecule has 2 heterocycles. The third-order valence-corrected chi connectivity index (χ3v) is 4.67. The van der Waals surface area contributed by atoms with Crippen LogP contribution in [0.25, 0.3) is 0 Å². The second kappa shape index (κ2) is 7.13. The molecular weight excluding hydrogens is 284 g/mol. The zero-order valence-corrected chi connectivity index (χ0v) is 12.7. The van der Waals surface area contributed by atoms with Gasteiger partial charge in [-0.1, -0.05) is 30.3 Å². The Morgan fingerprint density at radius 1 is 1.38 bits per heavy atom. The number of hydrogen-bond donors (Lipinski definition) is 2. The molecule has 1 aromatic carbocycles. The van der Waals surface area contributed by atoms with Gasteiger partial charge in [0.2, 0.25) is 0 Å². The van der Waals surface area contributed by atoms with E-state index < -0.39 is 0 Å². The molecule has 0 bridgehead atoms. The van der Waals surface area contributed by atoms with E-state index in [1.807, 2.05) is 30.3 Å². The molecule has 1 saturated heterocycles. The molecule has 1 fully saturated rings. The van der Waals surface area contributed by atoms with Gasteiger partial charge in [-0.3, -0.25) is 0 Å². The minimum atomic E-state index is -0.0564. The smallest absolute Gasteiger partial charge is 0.122 e. The van der Waals surface area contributed by atoms with Gasteiger partial charge in [-0.15, -0.1) is 11.3 Å². The highest BCUT2D eigenvalue weighted by atomic mass is 32.1. The normalized spacial score (nSPS) is 19.8. The van der Waals surface area contributed by atoms with Gasteiger partial charge in [0.1, 0.15) is 11.1 Å². The maximum Gasteiger partial charge on any atom is 0.122 e. The highest BCUT2D eigenvalue weighted by Crippen LogP contribution is 2.30. The van der Waals surface area contributed by atoms with Crippen molar-refractivity contribution in [1.82, 2.24) is 10.3 Å². The van der Waals surface area contributed by atoms with Gasteiger partial charge in [-0.25, -0.2) is 4.98 Å². The molecule has 21 heavy (non-hydrogen) atoms. The van der Waals surface area contributed by atoms with Gasteiger partial charge in [0.25, 0.3) is 0 Å². The third-order valence-electron chi connectivity index (χ3n) is 3.69. The van der Waals surface area contributed by atoms with Crippen molar-refractivity contribution in [3.63, 3.8) is 0 Å². The molecule has 1 aromatic heterocycles. The molecule has 2 atom stereocenters. The van der Waals surface area contributed by atoms with Crippen molar-refractivity contribution in [3.8, 4) is 0 Å². The second-order valence-corrected chi connectivity index (χ2v) is 6.10. The summed E-state index contributed by atoms with van der Waals surface area (Å²) in [5.74, 6) is 0. The summed E-state index contributed by atoms with van der Waals surface area (Å²) < 4.78 is 5.66. The molecule has 112 valence electrons. The molecule has 0 aliphatic carbocycles. The van der Waals surface area contributed by atoms with Gasteiger partial charge in [-0.2, -0.15) is 0 Å². The molecule has 0 saturated carbocycles. The largest absolute Gasteiger partial charge is 0.394 e. The Kier molecular flexibility index (Phi) is 4.98. The summed E-state index contributed by atoms with van der Waals surface area (Å²) >= 11 is 1.66. The lowest BCUT2D eigenvalue weighted by atomic mass is 10.1. The summed E-state index contributed by atoms with van der Waals surface area (Å²) in [4.78, 5) is 4.64. The minimum absolute atomic E-state index is 0.0564. The van der Waals surface area contributed by atoms with Gasteiger partial charge in [0, 0.05) is 18.5 Å². The number of aromatic nitrogens is 1. The quantitative estimate of drug-likeness (QED) is 0.861. The molecule has 3 rings (SSSR count). The van der Waals surface area contributed by atoms with E-state index >= 15 is 0 Å². The fourth-order valence-corrected chi connectivity index (χ4v) is 3.43. The van der Waals surface area contributed by atoms with E-state index in [9.17, 15) is 5.11 Å². The summed E-state index contributed by atoms with van der Waals surface area (Å²) in [6.45, 7) is 1.58. The zero-order valence-electron chi connectivity index (χ0n) is 11.9. The Morgan fingerprint density at radius 3 is 2.95 bits per heavy atom. The minimum Gasteiger partial charge on any atom is -0.394 e. The Bertz CT molecular complexity index is 552. The van der Waals surface area contributed by atoms with Gasteiger partial charge in [0.15, 0.2) is 0 Å². The molecule has 0 spiro atoms. The van der Waals surface area contributed by atoms with Crippen molar-refractivity contribution < 1.29 is 9.84 Å². The van der Waals surface area contributed by atoms with Gasteiger partial charge >= 0.3 is 0 Å². The highest BCUT2D eigenvalue weighted by Gasteiger charge is 2.21. The predicted octanol–water partition coefficient (Wildman–Crippen LogP) is 2.82. The number of benzene rings is 1. The maximum absolute atomic E-state index is 9.53. The number of thiazole rings is 1. The zero-order chi connectivity index (χ0) is 14.5. The Hall–Kier alpha value is -1.27. The fraction of sp³-hybridized carbons (Fsp3) is 0.438. The van der Waals surface area contributed by atoms with Crippen LogP contribution in [0.1, 0.15) is 41.3 Å². The van der Waals surface area contributed by atoms with E-state index in [4.69, 9.17) is 4.74 Å². The van der Waals surface area contributed by atoms with Crippen LogP contribution in [0.2, 0.25) is 0 Å². The Labute approximate surface area is 128 Å². The summed E-state index contributed by atoms with van der Waals surface area (Å²) in [6, 6.07) is 9.93. The highest BCUT2D eigenvalue weighted by molar-refractivity contribution is 7.09. The van der Waals surface area contributed by atoms with Crippen molar-refractivity contribution in [2.45, 2.75) is 31.5 Å². The van der Waals surface area contributed by atoms with Crippen LogP contribution in [-0.4, -0.2) is 23.3 Å². The Balaban J connectivity index is 1.59. The maximum atomic E-state index is 9.53. The van der Waals surface area contributed by atoms with E-state index in [1.165, 1.54) is 0 Å². The van der Waals surface area contributed by atoms with Crippen LogP contribution in [0.15, 0.2) is 35.7 Å². The first kappa shape index (κ1) is 14.7. The molecule has 1 aliphatic heterocycles. The first-order valence-electron chi connectivity index (χ1n) is 7.32. The topological polar surface area (TPSA) is 54.4 Å². The standard InChI is InChI=1S/C16H20N2O2S/c19-10-14(12-5-2-1-3-6-12)17-9-13-11-21-16(18-13)15-7-4-8-20-15/h1-3,5-6,11,14-15,17,19H,4,7-10H2/t14-,15+/m0/s1. The average Bonchev–Trinajstić information content (AvgIpc) is 3.20. The van der Waals surface area contributed by atoms with Crippen molar-refractivity contribution in [2.24, 2.45) is 0 Å². The van der Waals surface area contributed by atoms with Crippen LogP contribution in [-0.2, 0) is 11.3 Å². The number of ether oxygens (including phenoxy) is 1. The second-order valence-electron chi connectivity index (χ2n) is 5.21. The number of hydrogen-bond acceptors (Lipinski definition) is 5.